The molecule has 1 rings (SSSR count). The highest BCUT2D eigenvalue weighted by Gasteiger charge is 2.45. The van der Waals surface area contributed by atoms with Gasteiger partial charge in [-0.25, -0.2) is 4.79 Å². The third kappa shape index (κ3) is 3.11. The fourth-order valence-electron chi connectivity index (χ4n) is 1.36. The van der Waals surface area contributed by atoms with Crippen LogP contribution in [0.5, 0.6) is 0 Å². The monoisotopic (exact) mass is 231 g/mol. The van der Waals surface area contributed by atoms with Gasteiger partial charge in [0.2, 0.25) is 0 Å². The van der Waals surface area contributed by atoms with Crippen molar-refractivity contribution in [1.82, 2.24) is 0 Å². The number of aliphatic hydroxyl groups is 1. The molecule has 2 atom stereocenters. The molecule has 0 aromatic carbocycles. The van der Waals surface area contributed by atoms with E-state index in [0.717, 1.165) is 19.3 Å². The lowest BCUT2D eigenvalue weighted by molar-refractivity contribution is -0.153. The van der Waals surface area contributed by atoms with Gasteiger partial charge in [-0.05, 0) is 25.3 Å². The molecule has 0 aromatic heterocycles. The first kappa shape index (κ1) is 12.3. The first-order valence-electron chi connectivity index (χ1n) is 5.15. The Morgan fingerprint density at radius 1 is 1.67 bits per heavy atom. The van der Waals surface area contributed by atoms with Crippen LogP contribution in [0.3, 0.4) is 0 Å². The molecule has 0 heterocycles. The standard InChI is InChI=1S/C10H15O4P/c1-2-10(12,15-13)9(11)14-8-6-4-3-5-7-8/h6,12H,2-5,7H2,1H3/p+1. The van der Waals surface area contributed by atoms with E-state index in [1.807, 2.05) is 6.08 Å². The summed E-state index contributed by atoms with van der Waals surface area (Å²) in [5.41, 5.74) is 0. The van der Waals surface area contributed by atoms with Gasteiger partial charge < -0.3 is 9.84 Å². The van der Waals surface area contributed by atoms with Gasteiger partial charge in [0.05, 0.1) is 0 Å². The Kier molecular flexibility index (Phi) is 4.43. The van der Waals surface area contributed by atoms with Gasteiger partial charge in [0.25, 0.3) is 0 Å². The van der Waals surface area contributed by atoms with E-state index in [-0.39, 0.29) is 6.42 Å². The molecule has 84 valence electrons. The highest BCUT2D eigenvalue weighted by atomic mass is 31.1. The summed E-state index contributed by atoms with van der Waals surface area (Å²) in [6, 6.07) is 0. The van der Waals surface area contributed by atoms with Crippen LogP contribution in [-0.2, 0) is 14.1 Å². The Bertz CT molecular complexity index is 287. The van der Waals surface area contributed by atoms with Gasteiger partial charge in [-0.15, -0.1) is 0 Å². The van der Waals surface area contributed by atoms with Crippen LogP contribution in [0.1, 0.15) is 39.0 Å². The fraction of sp³-hybridized carbons (Fsp3) is 0.700. The second-order valence-corrected chi connectivity index (χ2v) is 4.65. The first-order valence-corrected chi connectivity index (χ1v) is 6.06. The van der Waals surface area contributed by atoms with Crippen molar-refractivity contribution in [3.63, 3.8) is 0 Å². The SMILES string of the molecule is CCC(O)([PH+]=O)C(=O)OC1=CCCCC1. The van der Waals surface area contributed by atoms with Gasteiger partial charge >= 0.3 is 19.8 Å². The lowest BCUT2D eigenvalue weighted by atomic mass is 10.1. The van der Waals surface area contributed by atoms with Gasteiger partial charge in [0, 0.05) is 12.8 Å². The van der Waals surface area contributed by atoms with Crippen molar-refractivity contribution >= 4 is 14.4 Å². The van der Waals surface area contributed by atoms with Crippen molar-refractivity contribution in [2.24, 2.45) is 0 Å². The van der Waals surface area contributed by atoms with Crippen LogP contribution in [0.15, 0.2) is 11.8 Å². The minimum absolute atomic E-state index is 0.0983. The van der Waals surface area contributed by atoms with Crippen LogP contribution in [0.4, 0.5) is 0 Å². The van der Waals surface area contributed by atoms with Gasteiger partial charge in [-0.3, -0.25) is 0 Å². The minimum atomic E-state index is -1.84. The summed E-state index contributed by atoms with van der Waals surface area (Å²) < 4.78 is 15.7. The van der Waals surface area contributed by atoms with Crippen molar-refractivity contribution in [2.75, 3.05) is 0 Å². The molecule has 0 spiro atoms. The minimum Gasteiger partial charge on any atom is -0.426 e. The zero-order chi connectivity index (χ0) is 11.3. The second-order valence-electron chi connectivity index (χ2n) is 3.62. The summed E-state index contributed by atoms with van der Waals surface area (Å²) in [6.45, 7) is 1.60. The number of carbonyl (C=O) groups is 1. The molecular formula is C10H16O4P+. The van der Waals surface area contributed by atoms with Gasteiger partial charge in [0.1, 0.15) is 5.76 Å². The van der Waals surface area contributed by atoms with Crippen LogP contribution in [0.2, 0.25) is 0 Å². The number of esters is 1. The Morgan fingerprint density at radius 2 is 2.40 bits per heavy atom. The lowest BCUT2D eigenvalue weighted by Crippen LogP contribution is -2.33. The summed E-state index contributed by atoms with van der Waals surface area (Å²) in [7, 11) is -1.09. The van der Waals surface area contributed by atoms with Gasteiger partial charge in [-0.2, -0.15) is 0 Å². The molecule has 1 aliphatic carbocycles. The highest BCUT2D eigenvalue weighted by molar-refractivity contribution is 7.27. The van der Waals surface area contributed by atoms with E-state index in [9.17, 15) is 14.5 Å². The van der Waals surface area contributed by atoms with E-state index in [0.29, 0.717) is 12.2 Å². The van der Waals surface area contributed by atoms with E-state index >= 15 is 0 Å². The van der Waals surface area contributed by atoms with Crippen LogP contribution < -0.4 is 0 Å². The molecule has 4 nitrogen and oxygen atoms in total. The third-order valence-corrected chi connectivity index (χ3v) is 3.39. The van der Waals surface area contributed by atoms with Crippen molar-refractivity contribution in [3.05, 3.63) is 11.8 Å². The maximum Gasteiger partial charge on any atom is 0.395 e. The summed E-state index contributed by atoms with van der Waals surface area (Å²) in [4.78, 5) is 11.5. The summed E-state index contributed by atoms with van der Waals surface area (Å²) in [6.07, 6.45) is 5.65. The molecule has 0 aromatic rings. The molecule has 5 heteroatoms. The van der Waals surface area contributed by atoms with Crippen LogP contribution >= 0.6 is 8.46 Å². The molecule has 1 N–H and O–H groups in total. The van der Waals surface area contributed by atoms with E-state index in [4.69, 9.17) is 4.74 Å². The molecule has 0 fully saturated rings. The fourth-order valence-corrected chi connectivity index (χ4v) is 1.64. The quantitative estimate of drug-likeness (QED) is 0.594. The Hall–Kier alpha value is -0.730. The number of hydrogen-bond acceptors (Lipinski definition) is 4. The summed E-state index contributed by atoms with van der Waals surface area (Å²) >= 11 is 0. The number of allylic oxidation sites excluding steroid dienone is 2. The second kappa shape index (κ2) is 5.38. The lowest BCUT2D eigenvalue weighted by Gasteiger charge is -2.15. The maximum atomic E-state index is 11.5. The number of ether oxygens (including phenoxy) is 1. The Balaban J connectivity index is 2.61. The molecule has 0 radical (unpaired) electrons. The number of carbonyl (C=O) groups excluding carboxylic acids is 1. The molecular weight excluding hydrogens is 215 g/mol. The van der Waals surface area contributed by atoms with Crippen molar-refractivity contribution in [1.29, 1.82) is 0 Å². The predicted molar refractivity (Wildman–Crippen MR) is 56.9 cm³/mol. The summed E-state index contributed by atoms with van der Waals surface area (Å²) in [5, 5.41) is 7.79. The third-order valence-electron chi connectivity index (χ3n) is 2.49. The Labute approximate surface area is 90.5 Å². The molecule has 2 unspecified atom stereocenters. The average Bonchev–Trinajstić information content (AvgIpc) is 2.29. The first-order chi connectivity index (χ1) is 7.12. The maximum absolute atomic E-state index is 11.5. The van der Waals surface area contributed by atoms with E-state index in [2.05, 4.69) is 0 Å². The average molecular weight is 231 g/mol. The zero-order valence-electron chi connectivity index (χ0n) is 8.78. The molecule has 1 aliphatic rings. The van der Waals surface area contributed by atoms with Crippen molar-refractivity contribution in [3.8, 4) is 0 Å². The topological polar surface area (TPSA) is 63.6 Å². The van der Waals surface area contributed by atoms with Crippen molar-refractivity contribution < 1.29 is 19.2 Å². The number of rotatable bonds is 4. The molecule has 0 amide bonds. The smallest absolute Gasteiger partial charge is 0.395 e. The van der Waals surface area contributed by atoms with E-state index < -0.39 is 19.8 Å². The molecule has 0 bridgehead atoms. The molecule has 0 aliphatic heterocycles. The molecule has 15 heavy (non-hydrogen) atoms. The summed E-state index contributed by atoms with van der Waals surface area (Å²) in [5.74, 6) is -0.206. The van der Waals surface area contributed by atoms with Crippen LogP contribution in [0, 0.1) is 0 Å². The van der Waals surface area contributed by atoms with Crippen LogP contribution in [-0.4, -0.2) is 16.4 Å². The number of hydrogen-bond donors (Lipinski definition) is 1. The van der Waals surface area contributed by atoms with Crippen LogP contribution in [0.25, 0.3) is 0 Å². The van der Waals surface area contributed by atoms with Gasteiger partial charge in [0.15, 0.2) is 0 Å². The molecule has 0 saturated heterocycles. The van der Waals surface area contributed by atoms with Gasteiger partial charge in [-0.1, -0.05) is 11.5 Å². The normalized spacial score (nSPS) is 20.5. The molecule has 0 saturated carbocycles. The highest BCUT2D eigenvalue weighted by Crippen LogP contribution is 2.28. The van der Waals surface area contributed by atoms with Crippen molar-refractivity contribution in [2.45, 2.75) is 44.4 Å². The predicted octanol–water partition coefficient (Wildman–Crippen LogP) is 2.11. The van der Waals surface area contributed by atoms with E-state index in [1.165, 1.54) is 0 Å². The Morgan fingerprint density at radius 3 is 2.87 bits per heavy atom. The largest absolute Gasteiger partial charge is 0.426 e. The zero-order valence-corrected chi connectivity index (χ0v) is 9.78. The van der Waals surface area contributed by atoms with E-state index in [1.54, 1.807) is 6.92 Å².